The lowest BCUT2D eigenvalue weighted by Crippen LogP contribution is -2.35. The molecule has 0 N–H and O–H groups in total. The van der Waals surface area contributed by atoms with Crippen LogP contribution in [0.2, 0.25) is 10.0 Å². The third-order valence-electron chi connectivity index (χ3n) is 8.64. The molecule has 6 rings (SSSR count). The van der Waals surface area contributed by atoms with Crippen LogP contribution in [0.4, 0.5) is 5.69 Å². The van der Waals surface area contributed by atoms with Crippen LogP contribution in [-0.4, -0.2) is 41.7 Å². The molecule has 3 aromatic rings. The predicted molar refractivity (Wildman–Crippen MR) is 172 cm³/mol. The molecule has 3 aromatic carbocycles. The molecule has 3 unspecified atom stereocenters. The molecule has 0 aromatic heterocycles. The summed E-state index contributed by atoms with van der Waals surface area (Å²) in [5.74, 6) is -1.75. The number of esters is 1. The summed E-state index contributed by atoms with van der Waals surface area (Å²) in [5, 5.41) is 7.61. The molecule has 7 nitrogen and oxygen atoms in total. The number of ether oxygens (including phenoxy) is 1. The minimum Gasteiger partial charge on any atom is -0.455 e. The molecule has 3 atom stereocenters. The third-order valence-corrected chi connectivity index (χ3v) is 9.14. The van der Waals surface area contributed by atoms with Gasteiger partial charge in [-0.3, -0.25) is 14.4 Å². The number of fused-ring (bicyclic) bond motifs is 1. The van der Waals surface area contributed by atoms with Crippen molar-refractivity contribution in [1.29, 1.82) is 0 Å². The zero-order valence-electron chi connectivity index (χ0n) is 24.4. The number of nitrogens with zero attached hydrogens (tertiary/aromatic N) is 3. The van der Waals surface area contributed by atoms with Crippen LogP contribution in [-0.2, 0) is 25.5 Å². The van der Waals surface area contributed by atoms with Crippen LogP contribution >= 0.6 is 23.2 Å². The summed E-state index contributed by atoms with van der Waals surface area (Å²) in [5.41, 5.74) is 5.73. The molecular formula is C35H33Cl2N3O4. The largest absolute Gasteiger partial charge is 0.455 e. The van der Waals surface area contributed by atoms with E-state index in [-0.39, 0.29) is 30.8 Å². The molecule has 1 aliphatic carbocycles. The molecule has 0 radical (unpaired) electrons. The minimum atomic E-state index is -0.645. The van der Waals surface area contributed by atoms with E-state index in [0.29, 0.717) is 10.0 Å². The monoisotopic (exact) mass is 629 g/mol. The molecular weight excluding hydrogens is 597 g/mol. The van der Waals surface area contributed by atoms with Crippen molar-refractivity contribution in [3.05, 3.63) is 105 Å². The van der Waals surface area contributed by atoms with Gasteiger partial charge in [0.05, 0.1) is 17.7 Å². The van der Waals surface area contributed by atoms with Crippen molar-refractivity contribution >= 4 is 58.5 Å². The molecule has 2 heterocycles. The number of hydrazone groups is 1. The standard InChI is InChI=1S/C35H33Cl2N3O4/c1-2-23-6-3-4-9-30(23)39-20-26(19-31(39)41)35(43)44-21-32(42)40-34(24-12-16-28(37)17-13-24)29-8-5-7-25(33(29)38-40)18-22-10-14-27(36)15-11-22/h3-4,6,9-18,26,29,34H,2,5,7-8,19-21H2,1H3/b25-18-. The fraction of sp³-hybridized carbons (Fsp3) is 0.314. The van der Waals surface area contributed by atoms with E-state index in [4.69, 9.17) is 33.0 Å². The van der Waals surface area contributed by atoms with Gasteiger partial charge < -0.3 is 9.64 Å². The van der Waals surface area contributed by atoms with Crippen LogP contribution in [0.25, 0.3) is 6.08 Å². The molecule has 3 aliphatic rings. The molecule has 9 heteroatoms. The van der Waals surface area contributed by atoms with E-state index in [2.05, 4.69) is 6.08 Å². The number of aryl methyl sites for hydroxylation is 1. The van der Waals surface area contributed by atoms with Gasteiger partial charge in [0.1, 0.15) is 0 Å². The summed E-state index contributed by atoms with van der Waals surface area (Å²) in [6.45, 7) is 1.80. The number of carbonyl (C=O) groups excluding carboxylic acids is 3. The smallest absolute Gasteiger partial charge is 0.311 e. The van der Waals surface area contributed by atoms with Crippen molar-refractivity contribution in [2.45, 2.75) is 45.1 Å². The SMILES string of the molecule is CCc1ccccc1N1CC(C(=O)OCC(=O)N2N=C3/C(=C\c4ccc(Cl)cc4)CCCC3C2c2ccc(Cl)cc2)CC1=O. The Morgan fingerprint density at radius 3 is 2.43 bits per heavy atom. The van der Waals surface area contributed by atoms with Gasteiger partial charge in [-0.1, -0.05) is 72.6 Å². The highest BCUT2D eigenvalue weighted by Gasteiger charge is 2.44. The second kappa shape index (κ2) is 13.0. The zero-order chi connectivity index (χ0) is 30.8. The van der Waals surface area contributed by atoms with Crippen molar-refractivity contribution in [2.24, 2.45) is 16.9 Å². The summed E-state index contributed by atoms with van der Waals surface area (Å²) in [4.78, 5) is 41.3. The highest BCUT2D eigenvalue weighted by Crippen LogP contribution is 2.44. The highest BCUT2D eigenvalue weighted by atomic mass is 35.5. The van der Waals surface area contributed by atoms with Gasteiger partial charge in [0.25, 0.3) is 5.91 Å². The van der Waals surface area contributed by atoms with Gasteiger partial charge in [-0.15, -0.1) is 0 Å². The Morgan fingerprint density at radius 2 is 1.70 bits per heavy atom. The number of halogens is 2. The first-order valence-corrected chi connectivity index (χ1v) is 15.8. The summed E-state index contributed by atoms with van der Waals surface area (Å²) in [6.07, 6.45) is 5.59. The van der Waals surface area contributed by atoms with Crippen LogP contribution < -0.4 is 4.90 Å². The van der Waals surface area contributed by atoms with E-state index in [1.54, 1.807) is 4.90 Å². The predicted octanol–water partition coefficient (Wildman–Crippen LogP) is 7.28. The Labute approximate surface area is 267 Å². The molecule has 0 spiro atoms. The maximum Gasteiger partial charge on any atom is 0.311 e. The highest BCUT2D eigenvalue weighted by molar-refractivity contribution is 6.30. The molecule has 2 aliphatic heterocycles. The van der Waals surface area contributed by atoms with Crippen molar-refractivity contribution in [3.63, 3.8) is 0 Å². The lowest BCUT2D eigenvalue weighted by Gasteiger charge is -2.29. The van der Waals surface area contributed by atoms with Gasteiger partial charge in [-0.2, -0.15) is 5.10 Å². The molecule has 226 valence electrons. The number of amides is 2. The van der Waals surface area contributed by atoms with E-state index in [1.165, 1.54) is 5.01 Å². The molecule has 44 heavy (non-hydrogen) atoms. The van der Waals surface area contributed by atoms with E-state index < -0.39 is 24.4 Å². The van der Waals surface area contributed by atoms with E-state index in [9.17, 15) is 14.4 Å². The van der Waals surface area contributed by atoms with Crippen molar-refractivity contribution in [3.8, 4) is 0 Å². The average Bonchev–Trinajstić information content (AvgIpc) is 3.63. The number of anilines is 1. The normalized spacial score (nSPS) is 22.2. The second-order valence-corrected chi connectivity index (χ2v) is 12.3. The second-order valence-electron chi connectivity index (χ2n) is 11.4. The molecule has 0 bridgehead atoms. The van der Waals surface area contributed by atoms with E-state index >= 15 is 0 Å². The van der Waals surface area contributed by atoms with Gasteiger partial charge in [0, 0.05) is 34.6 Å². The van der Waals surface area contributed by atoms with Crippen molar-refractivity contribution in [2.75, 3.05) is 18.1 Å². The van der Waals surface area contributed by atoms with Gasteiger partial charge in [-0.25, -0.2) is 5.01 Å². The number of hydrogen-bond acceptors (Lipinski definition) is 5. The van der Waals surface area contributed by atoms with Crippen molar-refractivity contribution < 1.29 is 19.1 Å². The van der Waals surface area contributed by atoms with Crippen LogP contribution in [0, 0.1) is 11.8 Å². The summed E-state index contributed by atoms with van der Waals surface area (Å²) < 4.78 is 5.55. The van der Waals surface area contributed by atoms with E-state index in [0.717, 1.165) is 59.3 Å². The van der Waals surface area contributed by atoms with Gasteiger partial charge in [-0.05, 0) is 84.4 Å². The topological polar surface area (TPSA) is 79.3 Å². The van der Waals surface area contributed by atoms with Gasteiger partial charge >= 0.3 is 5.97 Å². The first-order valence-electron chi connectivity index (χ1n) is 15.0. The molecule has 2 fully saturated rings. The fourth-order valence-corrected chi connectivity index (χ4v) is 6.70. The maximum atomic E-state index is 13.7. The number of carbonyl (C=O) groups is 3. The number of benzene rings is 3. The van der Waals surface area contributed by atoms with Crippen LogP contribution in [0.3, 0.4) is 0 Å². The quantitative estimate of drug-likeness (QED) is 0.257. The fourth-order valence-electron chi connectivity index (χ4n) is 6.45. The summed E-state index contributed by atoms with van der Waals surface area (Å²) >= 11 is 12.3. The summed E-state index contributed by atoms with van der Waals surface area (Å²) in [6, 6.07) is 22.4. The van der Waals surface area contributed by atoms with E-state index in [1.807, 2.05) is 79.7 Å². The van der Waals surface area contributed by atoms with Gasteiger partial charge in [0.15, 0.2) is 6.61 Å². The lowest BCUT2D eigenvalue weighted by molar-refractivity contribution is -0.156. The summed E-state index contributed by atoms with van der Waals surface area (Å²) in [7, 11) is 0. The molecule has 2 amide bonds. The number of hydrogen-bond donors (Lipinski definition) is 0. The number of para-hydroxylation sites is 1. The van der Waals surface area contributed by atoms with Crippen LogP contribution in [0.15, 0.2) is 83.5 Å². The van der Waals surface area contributed by atoms with Crippen LogP contribution in [0.5, 0.6) is 0 Å². The Morgan fingerprint density at radius 1 is 1.00 bits per heavy atom. The molecule has 1 saturated carbocycles. The first kappa shape index (κ1) is 30.1. The first-order chi connectivity index (χ1) is 21.3. The Kier molecular flexibility index (Phi) is 8.87. The third kappa shape index (κ3) is 6.17. The van der Waals surface area contributed by atoms with Crippen LogP contribution in [0.1, 0.15) is 55.3 Å². The Balaban J connectivity index is 1.20. The number of allylic oxidation sites excluding steroid dienone is 1. The minimum absolute atomic E-state index is 0.0113. The Bertz CT molecular complexity index is 1630. The lowest BCUT2D eigenvalue weighted by atomic mass is 9.77. The molecule has 1 saturated heterocycles. The van der Waals surface area contributed by atoms with Gasteiger partial charge in [0.2, 0.25) is 5.91 Å². The Hall–Kier alpha value is -3.94. The zero-order valence-corrected chi connectivity index (χ0v) is 25.9. The van der Waals surface area contributed by atoms with Crippen molar-refractivity contribution in [1.82, 2.24) is 5.01 Å². The maximum absolute atomic E-state index is 13.7. The number of rotatable bonds is 7. The average molecular weight is 631 g/mol.